The standard InChI is InChI=1S/C28H24F4N6O4/c29-20-2-3-22-17(5-6-42-22)18(20)9-33-27-34-10-19-16-1-4-23(28(30,31)32)36-21(16)12-37(11-15-13-40-7-8-41-15)26(39)24-25(19)38(27)14-35-24/h1-4,10,14-15H,5-9,11-13H2,(H,33,34). The van der Waals surface area contributed by atoms with Crippen molar-refractivity contribution in [2.45, 2.75) is 31.8 Å². The molecule has 3 aliphatic heterocycles. The number of rotatable bonds is 5. The van der Waals surface area contributed by atoms with Crippen LogP contribution in [0.15, 0.2) is 36.8 Å². The summed E-state index contributed by atoms with van der Waals surface area (Å²) >= 11 is 0. The van der Waals surface area contributed by atoms with E-state index in [1.807, 2.05) is 0 Å². The Labute approximate surface area is 236 Å². The molecule has 14 heteroatoms. The van der Waals surface area contributed by atoms with E-state index < -0.39 is 23.9 Å². The number of halogens is 4. The average molecular weight is 585 g/mol. The van der Waals surface area contributed by atoms with E-state index in [0.29, 0.717) is 54.2 Å². The van der Waals surface area contributed by atoms with Crippen molar-refractivity contribution in [3.63, 3.8) is 0 Å². The Kier molecular flexibility index (Phi) is 6.46. The van der Waals surface area contributed by atoms with E-state index >= 15 is 0 Å². The summed E-state index contributed by atoms with van der Waals surface area (Å²) in [6.45, 7) is 1.43. The number of hydrogen-bond acceptors (Lipinski definition) is 8. The number of alkyl halides is 3. The Bertz CT molecular complexity index is 1700. The number of pyridine rings is 1. The molecule has 1 fully saturated rings. The zero-order chi connectivity index (χ0) is 29.0. The molecule has 6 heterocycles. The molecule has 10 nitrogen and oxygen atoms in total. The SMILES string of the molecule is O=C1c2ncn3c(NCc4c(F)ccc5c4CCO5)ncc(c23)-c2ccc(C(F)(F)F)nc2CN1CC1COCCO1. The monoisotopic (exact) mass is 584 g/mol. The maximum atomic E-state index is 14.8. The van der Waals surface area contributed by atoms with Gasteiger partial charge in [-0.15, -0.1) is 0 Å². The van der Waals surface area contributed by atoms with Crippen LogP contribution < -0.4 is 10.1 Å². The maximum absolute atomic E-state index is 14.8. The number of nitrogens with one attached hydrogen (secondary N) is 1. The van der Waals surface area contributed by atoms with Crippen LogP contribution in [0.2, 0.25) is 0 Å². The molecule has 1 saturated heterocycles. The van der Waals surface area contributed by atoms with E-state index in [1.165, 1.54) is 29.6 Å². The number of benzene rings is 1. The van der Waals surface area contributed by atoms with Gasteiger partial charge in [-0.05, 0) is 18.2 Å². The Hall–Kier alpha value is -4.30. The topological polar surface area (TPSA) is 103 Å². The van der Waals surface area contributed by atoms with Gasteiger partial charge in [0.1, 0.15) is 23.6 Å². The summed E-state index contributed by atoms with van der Waals surface area (Å²) in [4.78, 5) is 28.1. The van der Waals surface area contributed by atoms with Crippen molar-refractivity contribution in [3.05, 3.63) is 70.8 Å². The summed E-state index contributed by atoms with van der Waals surface area (Å²) in [5.41, 5.74) is 1.43. The first-order valence-electron chi connectivity index (χ1n) is 13.4. The molecule has 1 atom stereocenters. The number of ether oxygens (including phenoxy) is 3. The van der Waals surface area contributed by atoms with Crippen molar-refractivity contribution in [1.29, 1.82) is 0 Å². The third-order valence-electron chi connectivity index (χ3n) is 7.62. The van der Waals surface area contributed by atoms with Crippen molar-refractivity contribution in [3.8, 4) is 16.9 Å². The first kappa shape index (κ1) is 26.6. The molecule has 0 saturated carbocycles. The minimum Gasteiger partial charge on any atom is -0.493 e. The number of amides is 1. The van der Waals surface area contributed by atoms with E-state index in [1.54, 1.807) is 10.5 Å². The first-order valence-corrected chi connectivity index (χ1v) is 13.4. The summed E-state index contributed by atoms with van der Waals surface area (Å²) in [5, 5.41) is 3.13. The van der Waals surface area contributed by atoms with Crippen LogP contribution in [0.3, 0.4) is 0 Å². The lowest BCUT2D eigenvalue weighted by Gasteiger charge is -2.31. The van der Waals surface area contributed by atoms with Crippen LogP contribution in [0.4, 0.5) is 23.5 Å². The van der Waals surface area contributed by atoms with Gasteiger partial charge in [0, 0.05) is 48.0 Å². The molecule has 1 N–H and O–H groups in total. The predicted octanol–water partition coefficient (Wildman–Crippen LogP) is 3.87. The van der Waals surface area contributed by atoms with Crippen molar-refractivity contribution in [2.75, 3.05) is 38.3 Å². The summed E-state index contributed by atoms with van der Waals surface area (Å²) in [5.74, 6) is 0.0161. The summed E-state index contributed by atoms with van der Waals surface area (Å²) in [7, 11) is 0. The van der Waals surface area contributed by atoms with E-state index in [4.69, 9.17) is 14.2 Å². The Morgan fingerprint density at radius 2 is 1.95 bits per heavy atom. The van der Waals surface area contributed by atoms with Crippen molar-refractivity contribution in [1.82, 2.24) is 24.3 Å². The maximum Gasteiger partial charge on any atom is 0.433 e. The third-order valence-corrected chi connectivity index (χ3v) is 7.62. The summed E-state index contributed by atoms with van der Waals surface area (Å²) in [6, 6.07) is 5.19. The normalized spacial score (nSPS) is 18.3. The molecular weight excluding hydrogens is 560 g/mol. The van der Waals surface area contributed by atoms with Gasteiger partial charge in [-0.2, -0.15) is 13.2 Å². The van der Waals surface area contributed by atoms with Gasteiger partial charge < -0.3 is 24.4 Å². The molecule has 3 aromatic heterocycles. The average Bonchev–Trinajstić information content (AvgIpc) is 3.64. The van der Waals surface area contributed by atoms with E-state index in [2.05, 4.69) is 20.3 Å². The fourth-order valence-electron chi connectivity index (χ4n) is 5.64. The largest absolute Gasteiger partial charge is 0.493 e. The molecule has 4 aromatic rings. The highest BCUT2D eigenvalue weighted by atomic mass is 19.4. The molecule has 0 spiro atoms. The lowest BCUT2D eigenvalue weighted by atomic mass is 10.0. The smallest absolute Gasteiger partial charge is 0.433 e. The van der Waals surface area contributed by atoms with Crippen LogP contribution in [-0.4, -0.2) is 69.2 Å². The molecule has 42 heavy (non-hydrogen) atoms. The van der Waals surface area contributed by atoms with Gasteiger partial charge in [0.25, 0.3) is 5.91 Å². The van der Waals surface area contributed by atoms with Gasteiger partial charge >= 0.3 is 6.18 Å². The molecular formula is C28H24F4N6O4. The summed E-state index contributed by atoms with van der Waals surface area (Å²) < 4.78 is 74.0. The molecule has 7 rings (SSSR count). The molecule has 1 unspecified atom stereocenters. The minimum absolute atomic E-state index is 0.0630. The molecule has 218 valence electrons. The minimum atomic E-state index is -4.67. The Morgan fingerprint density at radius 1 is 1.07 bits per heavy atom. The van der Waals surface area contributed by atoms with E-state index in [-0.39, 0.29) is 49.4 Å². The van der Waals surface area contributed by atoms with E-state index in [0.717, 1.165) is 11.6 Å². The lowest BCUT2D eigenvalue weighted by Crippen LogP contribution is -2.43. The highest BCUT2D eigenvalue weighted by Gasteiger charge is 2.36. The molecule has 0 aliphatic carbocycles. The fourth-order valence-corrected chi connectivity index (χ4v) is 5.64. The molecule has 0 bridgehead atoms. The molecule has 1 amide bonds. The van der Waals surface area contributed by atoms with E-state index in [9.17, 15) is 22.4 Å². The second-order valence-electron chi connectivity index (χ2n) is 10.2. The highest BCUT2D eigenvalue weighted by molar-refractivity contribution is 6.04. The van der Waals surface area contributed by atoms with Crippen LogP contribution in [0.5, 0.6) is 5.75 Å². The Morgan fingerprint density at radius 3 is 2.76 bits per heavy atom. The number of carbonyl (C=O) groups excluding carboxylic acids is 1. The van der Waals surface area contributed by atoms with Crippen LogP contribution in [0.25, 0.3) is 16.6 Å². The number of aromatic nitrogens is 4. The number of anilines is 1. The lowest BCUT2D eigenvalue weighted by molar-refractivity contribution is -0.141. The molecule has 3 aliphatic rings. The van der Waals surface area contributed by atoms with Gasteiger partial charge in [0.05, 0.1) is 50.3 Å². The number of hydrogen-bond donors (Lipinski definition) is 1. The second-order valence-corrected chi connectivity index (χ2v) is 10.2. The van der Waals surface area contributed by atoms with Gasteiger partial charge in [-0.3, -0.25) is 9.20 Å². The van der Waals surface area contributed by atoms with Crippen molar-refractivity contribution < 1.29 is 36.6 Å². The van der Waals surface area contributed by atoms with Gasteiger partial charge in [-0.1, -0.05) is 6.07 Å². The summed E-state index contributed by atoms with van der Waals surface area (Å²) in [6.07, 6.45) is -1.68. The zero-order valence-electron chi connectivity index (χ0n) is 22.1. The number of imidazole rings is 1. The van der Waals surface area contributed by atoms with Crippen LogP contribution in [0, 0.1) is 5.82 Å². The van der Waals surface area contributed by atoms with Crippen LogP contribution >= 0.6 is 0 Å². The van der Waals surface area contributed by atoms with Crippen molar-refractivity contribution >= 4 is 17.4 Å². The van der Waals surface area contributed by atoms with Crippen molar-refractivity contribution in [2.24, 2.45) is 0 Å². The quantitative estimate of drug-likeness (QED) is 0.353. The highest BCUT2D eigenvalue weighted by Crippen LogP contribution is 2.37. The number of fused-ring (bicyclic) bond motifs is 3. The number of nitrogens with zero attached hydrogens (tertiary/aromatic N) is 5. The van der Waals surface area contributed by atoms with Gasteiger partial charge in [0.15, 0.2) is 5.69 Å². The van der Waals surface area contributed by atoms with Crippen LogP contribution in [-0.2, 0) is 35.2 Å². The van der Waals surface area contributed by atoms with Crippen LogP contribution in [0.1, 0.15) is 33.0 Å². The number of carbonyl (C=O) groups is 1. The fraction of sp³-hybridized carbons (Fsp3) is 0.357. The second kappa shape index (κ2) is 10.2. The Balaban J connectivity index is 1.32. The molecule has 0 radical (unpaired) electrons. The van der Waals surface area contributed by atoms with Gasteiger partial charge in [0.2, 0.25) is 5.95 Å². The zero-order valence-corrected chi connectivity index (χ0v) is 22.1. The van der Waals surface area contributed by atoms with Gasteiger partial charge in [-0.25, -0.2) is 19.3 Å². The molecule has 1 aromatic carbocycles. The predicted molar refractivity (Wildman–Crippen MR) is 139 cm³/mol. The first-order chi connectivity index (χ1) is 20.3. The third kappa shape index (κ3) is 4.60.